The summed E-state index contributed by atoms with van der Waals surface area (Å²) in [6, 6.07) is 0. The fourth-order valence-electron chi connectivity index (χ4n) is 0.116. The van der Waals surface area contributed by atoms with Crippen molar-refractivity contribution in [2.75, 3.05) is 0 Å². The normalized spacial score (nSPS) is 8.83. The molecule has 35 valence electrons. The van der Waals surface area contributed by atoms with Crippen LogP contribution >= 0.6 is 0 Å². The van der Waals surface area contributed by atoms with Crippen molar-refractivity contribution in [3.63, 3.8) is 0 Å². The summed E-state index contributed by atoms with van der Waals surface area (Å²) in [6.07, 6.45) is 5.31. The van der Waals surface area contributed by atoms with Crippen LogP contribution in [0.15, 0.2) is 24.8 Å². The maximum atomic E-state index is 3.84. The third-order valence-electron chi connectivity index (χ3n) is 0.311. The second kappa shape index (κ2) is 4.86. The van der Waals surface area contributed by atoms with E-state index in [1.807, 2.05) is 6.08 Å². The first-order chi connectivity index (χ1) is 2.91. The van der Waals surface area contributed by atoms with Crippen molar-refractivity contribution < 1.29 is 15.3 Å². The molecular formula is C5H6Co. The van der Waals surface area contributed by atoms with E-state index in [1.54, 1.807) is 17.1 Å². The number of allylic oxidation sites excluding steroid dienone is 3. The van der Waals surface area contributed by atoms with Gasteiger partial charge in [0, 0.05) is 0 Å². The van der Waals surface area contributed by atoms with Gasteiger partial charge in [0.15, 0.2) is 0 Å². The quantitative estimate of drug-likeness (QED) is 0.484. The van der Waals surface area contributed by atoms with E-state index < -0.39 is 0 Å². The predicted octanol–water partition coefficient (Wildman–Crippen LogP) is 1.08. The molecule has 0 saturated carbocycles. The number of rotatable bonds is 2. The van der Waals surface area contributed by atoms with Gasteiger partial charge in [-0.3, -0.25) is 0 Å². The molecule has 0 unspecified atom stereocenters. The molecule has 0 heterocycles. The molecule has 0 spiro atoms. The first-order valence-electron chi connectivity index (χ1n) is 1.60. The SMILES string of the molecule is C=C/C=C\[CH]=[Co]. The van der Waals surface area contributed by atoms with Crippen molar-refractivity contribution in [2.24, 2.45) is 0 Å². The van der Waals surface area contributed by atoms with Gasteiger partial charge in [-0.25, -0.2) is 0 Å². The van der Waals surface area contributed by atoms with E-state index in [0.29, 0.717) is 0 Å². The number of hydrogen-bond acceptors (Lipinski definition) is 0. The number of hydrogen-bond donors (Lipinski definition) is 0. The van der Waals surface area contributed by atoms with Crippen molar-refractivity contribution in [1.29, 1.82) is 0 Å². The van der Waals surface area contributed by atoms with Crippen molar-refractivity contribution in [3.8, 4) is 0 Å². The first kappa shape index (κ1) is 5.86. The second-order valence-electron chi connectivity index (χ2n) is 0.732. The molecule has 0 aromatic carbocycles. The van der Waals surface area contributed by atoms with E-state index in [-0.39, 0.29) is 0 Å². The van der Waals surface area contributed by atoms with Crippen molar-refractivity contribution in [2.45, 2.75) is 0 Å². The van der Waals surface area contributed by atoms with Crippen LogP contribution in [0.2, 0.25) is 0 Å². The molecule has 0 aromatic rings. The summed E-state index contributed by atoms with van der Waals surface area (Å²) < 4.78 is 0. The molecule has 0 rings (SSSR count). The molecule has 0 aromatic heterocycles. The summed E-state index contributed by atoms with van der Waals surface area (Å²) in [5.41, 5.74) is 0. The Morgan fingerprint density at radius 1 is 1.33 bits per heavy atom. The van der Waals surface area contributed by atoms with Crippen LogP contribution in [-0.4, -0.2) is 4.96 Å². The van der Waals surface area contributed by atoms with E-state index >= 15 is 0 Å². The van der Waals surface area contributed by atoms with E-state index in [9.17, 15) is 0 Å². The zero-order valence-corrected chi connectivity index (χ0v) is 4.39. The van der Waals surface area contributed by atoms with Crippen LogP contribution in [0.3, 0.4) is 0 Å². The van der Waals surface area contributed by atoms with Gasteiger partial charge in [-0.1, -0.05) is 0 Å². The maximum absolute atomic E-state index is 3.84. The molecule has 0 bridgehead atoms. The van der Waals surface area contributed by atoms with E-state index in [4.69, 9.17) is 0 Å². The van der Waals surface area contributed by atoms with Crippen LogP contribution in [0.25, 0.3) is 0 Å². The van der Waals surface area contributed by atoms with Gasteiger partial charge in [-0.2, -0.15) is 0 Å². The minimum absolute atomic E-state index is 1.65. The Morgan fingerprint density at radius 3 is 2.17 bits per heavy atom. The van der Waals surface area contributed by atoms with Gasteiger partial charge in [0.05, 0.1) is 0 Å². The monoisotopic (exact) mass is 125 g/mol. The minimum atomic E-state index is 1.65. The molecule has 1 heteroatoms. The fraction of sp³-hybridized carbons (Fsp3) is 0. The Bertz CT molecular complexity index is 62.0. The zero-order chi connectivity index (χ0) is 4.83. The second-order valence-corrected chi connectivity index (χ2v) is 1.08. The van der Waals surface area contributed by atoms with Crippen molar-refractivity contribution in [3.05, 3.63) is 24.8 Å². The fourth-order valence-corrected chi connectivity index (χ4v) is 0.231. The summed E-state index contributed by atoms with van der Waals surface area (Å²) in [5, 5.41) is 0. The third-order valence-corrected chi connectivity index (χ3v) is 0.512. The summed E-state index contributed by atoms with van der Waals surface area (Å²) in [5.74, 6) is 0. The van der Waals surface area contributed by atoms with Crippen molar-refractivity contribution >= 4 is 4.96 Å². The molecule has 0 saturated heterocycles. The summed E-state index contributed by atoms with van der Waals surface area (Å²) in [6.45, 7) is 3.46. The van der Waals surface area contributed by atoms with Gasteiger partial charge in [0.1, 0.15) is 0 Å². The van der Waals surface area contributed by atoms with Crippen LogP contribution < -0.4 is 0 Å². The Hall–Kier alpha value is -0.144. The summed E-state index contributed by atoms with van der Waals surface area (Å²) in [4.78, 5) is 1.65. The van der Waals surface area contributed by atoms with E-state index in [0.717, 1.165) is 0 Å². The molecule has 0 aliphatic carbocycles. The van der Waals surface area contributed by atoms with Gasteiger partial charge in [0.25, 0.3) is 0 Å². The van der Waals surface area contributed by atoms with Crippen LogP contribution in [-0.2, 0) is 15.3 Å². The Labute approximate surface area is 45.7 Å². The molecule has 0 aliphatic heterocycles. The Morgan fingerprint density at radius 2 is 2.00 bits per heavy atom. The van der Waals surface area contributed by atoms with Gasteiger partial charge >= 0.3 is 45.1 Å². The average molecular weight is 125 g/mol. The van der Waals surface area contributed by atoms with E-state index in [1.165, 1.54) is 0 Å². The molecule has 0 atom stereocenters. The van der Waals surface area contributed by atoms with Gasteiger partial charge in [0.2, 0.25) is 0 Å². The van der Waals surface area contributed by atoms with Gasteiger partial charge in [-0.15, -0.1) is 0 Å². The zero-order valence-electron chi connectivity index (χ0n) is 3.35. The van der Waals surface area contributed by atoms with Crippen LogP contribution in [0, 0.1) is 0 Å². The summed E-state index contributed by atoms with van der Waals surface area (Å²) >= 11 is 3.84. The van der Waals surface area contributed by atoms with Crippen LogP contribution in [0.1, 0.15) is 0 Å². The predicted molar refractivity (Wildman–Crippen MR) is 25.4 cm³/mol. The van der Waals surface area contributed by atoms with Crippen LogP contribution in [0.5, 0.6) is 0 Å². The average Bonchev–Trinajstić information content (AvgIpc) is 1.61. The molecule has 0 fully saturated rings. The van der Waals surface area contributed by atoms with E-state index in [2.05, 4.69) is 21.9 Å². The molecule has 0 aliphatic rings. The van der Waals surface area contributed by atoms with Gasteiger partial charge in [-0.05, 0) is 0 Å². The van der Waals surface area contributed by atoms with Gasteiger partial charge < -0.3 is 0 Å². The summed E-state index contributed by atoms with van der Waals surface area (Å²) in [7, 11) is 0. The van der Waals surface area contributed by atoms with Crippen molar-refractivity contribution in [1.82, 2.24) is 0 Å². The molecule has 6 heavy (non-hydrogen) atoms. The molecular weight excluding hydrogens is 119 g/mol. The van der Waals surface area contributed by atoms with Crippen LogP contribution in [0.4, 0.5) is 0 Å². The standard InChI is InChI=1S/C5H6.Co/c1-3-5-4-2;/h1,3-5H,2H2;/b5-3-;. The molecule has 0 nitrogen and oxygen atoms in total. The third kappa shape index (κ3) is 3.86. The first-order valence-corrected chi connectivity index (χ1v) is 2.20. The Balaban J connectivity index is 3.17. The molecule has 0 N–H and O–H groups in total. The Kier molecular flexibility index (Phi) is 4.74. The molecule has 0 amide bonds. The molecule has 0 radical (unpaired) electrons. The topological polar surface area (TPSA) is 0 Å².